The molecule has 4 rings (SSSR count). The lowest BCUT2D eigenvalue weighted by Crippen LogP contribution is -2.45. The summed E-state index contributed by atoms with van der Waals surface area (Å²) in [6.07, 6.45) is -0.124. The molecule has 1 aliphatic heterocycles. The minimum Gasteiger partial charge on any atom is -0.497 e. The lowest BCUT2D eigenvalue weighted by atomic mass is 10.1. The summed E-state index contributed by atoms with van der Waals surface area (Å²) in [5.74, 6) is 0.704. The van der Waals surface area contributed by atoms with Gasteiger partial charge in [0.1, 0.15) is 17.6 Å². The number of aromatic nitrogens is 2. The number of nitrogens with zero attached hydrogens (tertiary/aromatic N) is 2. The summed E-state index contributed by atoms with van der Waals surface area (Å²) in [4.78, 5) is 12.2. The highest BCUT2D eigenvalue weighted by molar-refractivity contribution is 6.30. The standard InChI is InChI=1S/C20H19ClN4O2/c1-27-16-8-2-13(3-9-16)11-22-19-12-23-20(26)18-10-17(24-25(18)19)14-4-6-15(21)7-5-14/h2-10,19,22H,11-12H2,1H3,(H,23,26)/t19-/m0/s1. The first-order valence-corrected chi connectivity index (χ1v) is 9.02. The van der Waals surface area contributed by atoms with Crippen LogP contribution in [0.25, 0.3) is 11.3 Å². The van der Waals surface area contributed by atoms with Crippen LogP contribution in [-0.4, -0.2) is 29.3 Å². The summed E-state index contributed by atoms with van der Waals surface area (Å²) >= 11 is 5.96. The van der Waals surface area contributed by atoms with E-state index < -0.39 is 0 Å². The monoisotopic (exact) mass is 382 g/mol. The highest BCUT2D eigenvalue weighted by Crippen LogP contribution is 2.24. The summed E-state index contributed by atoms with van der Waals surface area (Å²) in [6, 6.07) is 17.1. The maximum atomic E-state index is 12.2. The van der Waals surface area contributed by atoms with Crippen LogP contribution in [0.5, 0.6) is 5.75 Å². The molecule has 2 aromatic carbocycles. The first-order chi connectivity index (χ1) is 13.1. The fourth-order valence-electron chi connectivity index (χ4n) is 3.07. The van der Waals surface area contributed by atoms with Gasteiger partial charge in [-0.25, -0.2) is 4.68 Å². The van der Waals surface area contributed by atoms with Gasteiger partial charge in [-0.3, -0.25) is 10.1 Å². The van der Waals surface area contributed by atoms with Crippen molar-refractivity contribution in [3.8, 4) is 17.0 Å². The molecule has 0 bridgehead atoms. The van der Waals surface area contributed by atoms with Gasteiger partial charge in [0.2, 0.25) is 0 Å². The van der Waals surface area contributed by atoms with E-state index in [2.05, 4.69) is 15.7 Å². The van der Waals surface area contributed by atoms with E-state index in [1.165, 1.54) is 0 Å². The number of benzene rings is 2. The van der Waals surface area contributed by atoms with Gasteiger partial charge in [0, 0.05) is 17.1 Å². The number of carbonyl (C=O) groups excluding carboxylic acids is 1. The normalized spacial score (nSPS) is 15.9. The highest BCUT2D eigenvalue weighted by atomic mass is 35.5. The van der Waals surface area contributed by atoms with Crippen LogP contribution >= 0.6 is 11.6 Å². The number of nitrogens with one attached hydrogen (secondary N) is 2. The molecule has 1 amide bonds. The molecule has 0 unspecified atom stereocenters. The van der Waals surface area contributed by atoms with Crippen molar-refractivity contribution < 1.29 is 9.53 Å². The number of hydrogen-bond acceptors (Lipinski definition) is 4. The lowest BCUT2D eigenvalue weighted by Gasteiger charge is -2.25. The molecule has 138 valence electrons. The van der Waals surface area contributed by atoms with Crippen LogP contribution in [-0.2, 0) is 6.54 Å². The smallest absolute Gasteiger partial charge is 0.269 e. The van der Waals surface area contributed by atoms with Gasteiger partial charge in [-0.2, -0.15) is 5.10 Å². The third-order valence-corrected chi connectivity index (χ3v) is 4.81. The van der Waals surface area contributed by atoms with Crippen LogP contribution in [0.15, 0.2) is 54.6 Å². The van der Waals surface area contributed by atoms with Crippen LogP contribution in [0, 0.1) is 0 Å². The summed E-state index contributed by atoms with van der Waals surface area (Å²) in [5.41, 5.74) is 3.33. The molecule has 0 spiro atoms. The van der Waals surface area contributed by atoms with Crippen molar-refractivity contribution in [1.29, 1.82) is 0 Å². The molecule has 1 aliphatic rings. The number of halogens is 1. The Bertz CT molecular complexity index is 951. The van der Waals surface area contributed by atoms with Crippen molar-refractivity contribution in [3.63, 3.8) is 0 Å². The van der Waals surface area contributed by atoms with Crippen molar-refractivity contribution in [3.05, 3.63) is 70.9 Å². The van der Waals surface area contributed by atoms with Crippen LogP contribution < -0.4 is 15.4 Å². The van der Waals surface area contributed by atoms with E-state index in [4.69, 9.17) is 16.3 Å². The molecule has 0 saturated heterocycles. The SMILES string of the molecule is COc1ccc(CN[C@@H]2CNC(=O)c3cc(-c4ccc(Cl)cc4)nn32)cc1. The lowest BCUT2D eigenvalue weighted by molar-refractivity contribution is 0.0900. The second kappa shape index (κ2) is 7.42. The van der Waals surface area contributed by atoms with Crippen molar-refractivity contribution in [1.82, 2.24) is 20.4 Å². The van der Waals surface area contributed by atoms with Gasteiger partial charge in [-0.15, -0.1) is 0 Å². The molecule has 0 radical (unpaired) electrons. The van der Waals surface area contributed by atoms with E-state index in [9.17, 15) is 4.79 Å². The van der Waals surface area contributed by atoms with Gasteiger partial charge >= 0.3 is 0 Å². The Morgan fingerprint density at radius 1 is 1.22 bits per heavy atom. The third kappa shape index (κ3) is 3.67. The average molecular weight is 383 g/mol. The highest BCUT2D eigenvalue weighted by Gasteiger charge is 2.27. The van der Waals surface area contributed by atoms with E-state index in [1.807, 2.05) is 48.5 Å². The second-order valence-electron chi connectivity index (χ2n) is 6.32. The number of amides is 1. The summed E-state index contributed by atoms with van der Waals surface area (Å²) in [6.45, 7) is 1.13. The fourth-order valence-corrected chi connectivity index (χ4v) is 3.19. The number of fused-ring (bicyclic) bond motifs is 1. The van der Waals surface area contributed by atoms with Crippen molar-refractivity contribution in [2.24, 2.45) is 0 Å². The largest absolute Gasteiger partial charge is 0.497 e. The van der Waals surface area contributed by atoms with Crippen molar-refractivity contribution in [2.45, 2.75) is 12.7 Å². The molecule has 1 aromatic heterocycles. The Morgan fingerprint density at radius 2 is 1.96 bits per heavy atom. The zero-order valence-corrected chi connectivity index (χ0v) is 15.5. The minimum absolute atomic E-state index is 0.120. The number of carbonyl (C=O) groups is 1. The predicted molar refractivity (Wildman–Crippen MR) is 104 cm³/mol. The molecule has 0 aliphatic carbocycles. The maximum Gasteiger partial charge on any atom is 0.269 e. The molecular weight excluding hydrogens is 364 g/mol. The molecule has 2 heterocycles. The molecular formula is C20H19ClN4O2. The van der Waals surface area contributed by atoms with Gasteiger partial charge < -0.3 is 10.1 Å². The van der Waals surface area contributed by atoms with E-state index in [-0.39, 0.29) is 12.1 Å². The van der Waals surface area contributed by atoms with Crippen molar-refractivity contribution >= 4 is 17.5 Å². The summed E-state index contributed by atoms with van der Waals surface area (Å²) in [5, 5.41) is 11.7. The van der Waals surface area contributed by atoms with Gasteiger partial charge in [0.05, 0.1) is 19.3 Å². The van der Waals surface area contributed by atoms with Gasteiger partial charge in [-0.05, 0) is 35.9 Å². The zero-order chi connectivity index (χ0) is 18.8. The Kier molecular flexibility index (Phi) is 4.83. The van der Waals surface area contributed by atoms with E-state index >= 15 is 0 Å². The zero-order valence-electron chi connectivity index (χ0n) is 14.8. The molecule has 27 heavy (non-hydrogen) atoms. The van der Waals surface area contributed by atoms with Crippen LogP contribution in [0.2, 0.25) is 5.02 Å². The Labute approximate surface area is 162 Å². The number of ether oxygens (including phenoxy) is 1. The van der Waals surface area contributed by atoms with E-state index in [0.717, 1.165) is 22.6 Å². The molecule has 0 saturated carbocycles. The maximum absolute atomic E-state index is 12.2. The van der Waals surface area contributed by atoms with Crippen LogP contribution in [0.3, 0.4) is 0 Å². The molecule has 3 aromatic rings. The topological polar surface area (TPSA) is 68.2 Å². The average Bonchev–Trinajstić information content (AvgIpc) is 3.15. The first kappa shape index (κ1) is 17.6. The van der Waals surface area contributed by atoms with Crippen molar-refractivity contribution in [2.75, 3.05) is 13.7 Å². The first-order valence-electron chi connectivity index (χ1n) is 8.64. The van der Waals surface area contributed by atoms with E-state index in [1.54, 1.807) is 17.9 Å². The molecule has 7 heteroatoms. The number of rotatable bonds is 5. The minimum atomic E-state index is -0.124. The number of methoxy groups -OCH3 is 1. The quantitative estimate of drug-likeness (QED) is 0.710. The number of hydrogen-bond donors (Lipinski definition) is 2. The van der Waals surface area contributed by atoms with Gasteiger partial charge in [0.25, 0.3) is 5.91 Å². The van der Waals surface area contributed by atoms with Gasteiger partial charge in [-0.1, -0.05) is 35.9 Å². The fraction of sp³-hybridized carbons (Fsp3) is 0.200. The second-order valence-corrected chi connectivity index (χ2v) is 6.76. The summed E-state index contributed by atoms with van der Waals surface area (Å²) < 4.78 is 6.94. The molecule has 2 N–H and O–H groups in total. The molecule has 1 atom stereocenters. The molecule has 0 fully saturated rings. The Balaban J connectivity index is 1.55. The Hall–Kier alpha value is -2.83. The van der Waals surface area contributed by atoms with E-state index in [0.29, 0.717) is 23.8 Å². The summed E-state index contributed by atoms with van der Waals surface area (Å²) in [7, 11) is 1.65. The predicted octanol–water partition coefficient (Wildman–Crippen LogP) is 3.24. The van der Waals surface area contributed by atoms with Crippen LogP contribution in [0.1, 0.15) is 22.2 Å². The van der Waals surface area contributed by atoms with Crippen LogP contribution in [0.4, 0.5) is 0 Å². The van der Waals surface area contributed by atoms with Gasteiger partial charge in [0.15, 0.2) is 0 Å². The third-order valence-electron chi connectivity index (χ3n) is 4.56. The molecule has 6 nitrogen and oxygen atoms in total. The Morgan fingerprint density at radius 3 is 2.67 bits per heavy atom.